The second kappa shape index (κ2) is 7.28. The molecule has 4 rings (SSSR count). The summed E-state index contributed by atoms with van der Waals surface area (Å²) in [6.45, 7) is 3.49. The second-order valence-corrected chi connectivity index (χ2v) is 6.68. The van der Waals surface area contributed by atoms with Crippen molar-refractivity contribution in [3.63, 3.8) is 0 Å². The molecule has 2 heterocycles. The van der Waals surface area contributed by atoms with Gasteiger partial charge in [0.1, 0.15) is 6.61 Å². The van der Waals surface area contributed by atoms with Gasteiger partial charge in [0.15, 0.2) is 11.6 Å². The van der Waals surface area contributed by atoms with E-state index in [2.05, 4.69) is 40.3 Å². The minimum absolute atomic E-state index is 0.291. The number of hydrogen-bond donors (Lipinski definition) is 1. The number of piperidine rings is 1. The topological polar surface area (TPSA) is 28.3 Å². The van der Waals surface area contributed by atoms with E-state index in [4.69, 9.17) is 4.74 Å². The molecule has 0 saturated carbocycles. The Labute approximate surface area is 147 Å². The van der Waals surface area contributed by atoms with Crippen LogP contribution in [0.5, 0.6) is 5.75 Å². The van der Waals surface area contributed by atoms with Crippen molar-refractivity contribution >= 4 is 10.9 Å². The predicted molar refractivity (Wildman–Crippen MR) is 98.6 cm³/mol. The SMILES string of the molecule is Fc1ccccc1OCCN1CCC(c2c[nH]c3ccccc23)CC1. The van der Waals surface area contributed by atoms with Crippen molar-refractivity contribution < 1.29 is 9.13 Å². The maximum atomic E-state index is 13.5. The largest absolute Gasteiger partial charge is 0.489 e. The third-order valence-corrected chi connectivity index (χ3v) is 5.15. The predicted octanol–water partition coefficient (Wildman–Crippen LogP) is 4.57. The molecule has 25 heavy (non-hydrogen) atoms. The standard InChI is InChI=1S/C21H23FN2O/c22-19-6-2-4-8-21(19)25-14-13-24-11-9-16(10-12-24)18-15-23-20-7-3-1-5-17(18)20/h1-8,15-16,23H,9-14H2. The highest BCUT2D eigenvalue weighted by molar-refractivity contribution is 5.83. The number of rotatable bonds is 5. The normalized spacial score (nSPS) is 16.4. The number of para-hydroxylation sites is 2. The summed E-state index contributed by atoms with van der Waals surface area (Å²) >= 11 is 0. The highest BCUT2D eigenvalue weighted by Gasteiger charge is 2.22. The first-order chi connectivity index (χ1) is 12.3. The number of fused-ring (bicyclic) bond motifs is 1. The van der Waals surface area contributed by atoms with Crippen LogP contribution in [-0.2, 0) is 0 Å². The first-order valence-electron chi connectivity index (χ1n) is 8.97. The molecule has 1 N–H and O–H groups in total. The smallest absolute Gasteiger partial charge is 0.165 e. The molecule has 2 aromatic carbocycles. The number of benzene rings is 2. The van der Waals surface area contributed by atoms with Crippen LogP contribution in [0.2, 0.25) is 0 Å². The molecule has 0 aliphatic carbocycles. The minimum Gasteiger partial charge on any atom is -0.489 e. The fourth-order valence-electron chi connectivity index (χ4n) is 3.75. The number of halogens is 1. The summed E-state index contributed by atoms with van der Waals surface area (Å²) in [5.74, 6) is 0.664. The van der Waals surface area contributed by atoms with Crippen molar-refractivity contribution in [3.8, 4) is 5.75 Å². The van der Waals surface area contributed by atoms with E-state index in [1.165, 1.54) is 22.5 Å². The summed E-state index contributed by atoms with van der Waals surface area (Å²) in [7, 11) is 0. The van der Waals surface area contributed by atoms with Gasteiger partial charge in [0.25, 0.3) is 0 Å². The van der Waals surface area contributed by atoms with Gasteiger partial charge in [-0.15, -0.1) is 0 Å². The zero-order valence-electron chi connectivity index (χ0n) is 14.2. The van der Waals surface area contributed by atoms with Gasteiger partial charge in [-0.3, -0.25) is 4.90 Å². The van der Waals surface area contributed by atoms with E-state index in [-0.39, 0.29) is 5.82 Å². The summed E-state index contributed by atoms with van der Waals surface area (Å²) in [6, 6.07) is 15.1. The van der Waals surface area contributed by atoms with Gasteiger partial charge < -0.3 is 9.72 Å². The Balaban J connectivity index is 1.29. The van der Waals surface area contributed by atoms with Crippen molar-refractivity contribution in [2.45, 2.75) is 18.8 Å². The van der Waals surface area contributed by atoms with Crippen LogP contribution in [0, 0.1) is 5.82 Å². The van der Waals surface area contributed by atoms with E-state index in [0.717, 1.165) is 32.5 Å². The monoisotopic (exact) mass is 338 g/mol. The summed E-state index contributed by atoms with van der Waals surface area (Å²) in [4.78, 5) is 5.79. The van der Waals surface area contributed by atoms with Crippen LogP contribution < -0.4 is 4.74 Å². The maximum absolute atomic E-state index is 13.5. The average Bonchev–Trinajstić information content (AvgIpc) is 3.08. The van der Waals surface area contributed by atoms with Crippen molar-refractivity contribution in [1.82, 2.24) is 9.88 Å². The number of H-pyrrole nitrogens is 1. The molecule has 1 fully saturated rings. The molecule has 0 spiro atoms. The van der Waals surface area contributed by atoms with Gasteiger partial charge >= 0.3 is 0 Å². The lowest BCUT2D eigenvalue weighted by Crippen LogP contribution is -2.35. The third kappa shape index (κ3) is 3.54. The molecule has 1 aliphatic heterocycles. The molecule has 0 unspecified atom stereocenters. The van der Waals surface area contributed by atoms with Crippen LogP contribution in [0.1, 0.15) is 24.3 Å². The molecular formula is C21H23FN2O. The molecular weight excluding hydrogens is 315 g/mol. The highest BCUT2D eigenvalue weighted by Crippen LogP contribution is 2.32. The fourth-order valence-corrected chi connectivity index (χ4v) is 3.75. The number of nitrogens with zero attached hydrogens (tertiary/aromatic N) is 1. The summed E-state index contributed by atoms with van der Waals surface area (Å²) < 4.78 is 19.1. The number of aromatic nitrogens is 1. The number of aromatic amines is 1. The van der Waals surface area contributed by atoms with Gasteiger partial charge in [0, 0.05) is 23.6 Å². The Bertz CT molecular complexity index is 837. The van der Waals surface area contributed by atoms with E-state index >= 15 is 0 Å². The summed E-state index contributed by atoms with van der Waals surface area (Å²) in [5, 5.41) is 1.35. The van der Waals surface area contributed by atoms with Gasteiger partial charge in [-0.2, -0.15) is 0 Å². The Morgan fingerprint density at radius 3 is 2.64 bits per heavy atom. The lowest BCUT2D eigenvalue weighted by atomic mass is 9.89. The zero-order valence-corrected chi connectivity index (χ0v) is 14.2. The van der Waals surface area contributed by atoms with Crippen LogP contribution in [-0.4, -0.2) is 36.1 Å². The Morgan fingerprint density at radius 2 is 1.80 bits per heavy atom. The zero-order chi connectivity index (χ0) is 17.1. The molecule has 0 radical (unpaired) electrons. The van der Waals surface area contributed by atoms with Crippen molar-refractivity contribution in [3.05, 3.63) is 66.1 Å². The Hall–Kier alpha value is -2.33. The molecule has 0 atom stereocenters. The molecule has 0 amide bonds. The van der Waals surface area contributed by atoms with Crippen LogP contribution in [0.15, 0.2) is 54.7 Å². The van der Waals surface area contributed by atoms with E-state index < -0.39 is 0 Å². The first-order valence-corrected chi connectivity index (χ1v) is 8.97. The molecule has 1 aromatic heterocycles. The molecule has 0 bridgehead atoms. The van der Waals surface area contributed by atoms with E-state index in [0.29, 0.717) is 18.3 Å². The molecule has 130 valence electrons. The summed E-state index contributed by atoms with van der Waals surface area (Å²) in [5.41, 5.74) is 2.66. The lowest BCUT2D eigenvalue weighted by Gasteiger charge is -2.31. The second-order valence-electron chi connectivity index (χ2n) is 6.68. The third-order valence-electron chi connectivity index (χ3n) is 5.15. The molecule has 3 nitrogen and oxygen atoms in total. The van der Waals surface area contributed by atoms with Gasteiger partial charge in [-0.1, -0.05) is 30.3 Å². The van der Waals surface area contributed by atoms with Gasteiger partial charge in [0.2, 0.25) is 0 Å². The van der Waals surface area contributed by atoms with Crippen LogP contribution in [0.4, 0.5) is 4.39 Å². The Kier molecular flexibility index (Phi) is 4.70. The van der Waals surface area contributed by atoms with Crippen LogP contribution in [0.25, 0.3) is 10.9 Å². The highest BCUT2D eigenvalue weighted by atomic mass is 19.1. The van der Waals surface area contributed by atoms with E-state index in [1.54, 1.807) is 18.2 Å². The quantitative estimate of drug-likeness (QED) is 0.738. The first kappa shape index (κ1) is 16.2. The van der Waals surface area contributed by atoms with Crippen molar-refractivity contribution in [2.24, 2.45) is 0 Å². The minimum atomic E-state index is -0.291. The lowest BCUT2D eigenvalue weighted by molar-refractivity contribution is 0.171. The van der Waals surface area contributed by atoms with Crippen molar-refractivity contribution in [1.29, 1.82) is 0 Å². The van der Waals surface area contributed by atoms with E-state index in [9.17, 15) is 4.39 Å². The van der Waals surface area contributed by atoms with Gasteiger partial charge in [-0.25, -0.2) is 4.39 Å². The molecule has 1 saturated heterocycles. The molecule has 1 aliphatic rings. The molecule has 3 aromatic rings. The summed E-state index contributed by atoms with van der Waals surface area (Å²) in [6.07, 6.45) is 4.48. The number of hydrogen-bond acceptors (Lipinski definition) is 2. The number of likely N-dealkylation sites (tertiary alicyclic amines) is 1. The van der Waals surface area contributed by atoms with Crippen LogP contribution >= 0.6 is 0 Å². The van der Waals surface area contributed by atoms with Crippen LogP contribution in [0.3, 0.4) is 0 Å². The number of ether oxygens (including phenoxy) is 1. The van der Waals surface area contributed by atoms with Gasteiger partial charge in [0.05, 0.1) is 0 Å². The van der Waals surface area contributed by atoms with Gasteiger partial charge in [-0.05, 0) is 55.6 Å². The van der Waals surface area contributed by atoms with Crippen molar-refractivity contribution in [2.75, 3.05) is 26.2 Å². The average molecular weight is 338 g/mol. The molecule has 4 heteroatoms. The fraction of sp³-hybridized carbons (Fsp3) is 0.333. The van der Waals surface area contributed by atoms with E-state index in [1.807, 2.05) is 0 Å². The Morgan fingerprint density at radius 1 is 1.04 bits per heavy atom. The number of nitrogens with one attached hydrogen (secondary N) is 1. The maximum Gasteiger partial charge on any atom is 0.165 e.